The van der Waals surface area contributed by atoms with Crippen LogP contribution in [0.2, 0.25) is 5.02 Å². The monoisotopic (exact) mass is 407 g/mol. The molecule has 1 saturated heterocycles. The Bertz CT molecular complexity index is 791. The maximum Gasteiger partial charge on any atom is 0.238 e. The van der Waals surface area contributed by atoms with Crippen LogP contribution in [-0.4, -0.2) is 61.3 Å². The second-order valence-corrected chi connectivity index (χ2v) is 6.95. The highest BCUT2D eigenvalue weighted by atomic mass is 35.5. The summed E-state index contributed by atoms with van der Waals surface area (Å²) in [6.45, 7) is 3.94. The molecule has 0 bridgehead atoms. The molecule has 7 heteroatoms. The Morgan fingerprint density at radius 2 is 1.70 bits per heavy atom. The molecule has 3 rings (SSSR count). The summed E-state index contributed by atoms with van der Waals surface area (Å²) in [4.78, 5) is 29.6. The van der Waals surface area contributed by atoms with Crippen molar-refractivity contribution in [3.63, 3.8) is 0 Å². The van der Waals surface area contributed by atoms with Gasteiger partial charge in [-0.25, -0.2) is 0 Å². The van der Waals surface area contributed by atoms with Gasteiger partial charge in [0.1, 0.15) is 0 Å². The lowest BCUT2D eigenvalue weighted by Crippen LogP contribution is -2.47. The Labute approximate surface area is 170 Å². The van der Waals surface area contributed by atoms with Gasteiger partial charge in [0.05, 0.1) is 12.2 Å². The van der Waals surface area contributed by atoms with E-state index in [0.29, 0.717) is 28.4 Å². The summed E-state index contributed by atoms with van der Waals surface area (Å²) in [5, 5.41) is 3.33. The van der Waals surface area contributed by atoms with Gasteiger partial charge in [-0.1, -0.05) is 41.9 Å². The van der Waals surface area contributed by atoms with Crippen molar-refractivity contribution in [3.8, 4) is 0 Å². The highest BCUT2D eigenvalue weighted by Crippen LogP contribution is 2.23. The largest absolute Gasteiger partial charge is 0.324 e. The third-order valence-electron chi connectivity index (χ3n) is 4.50. The van der Waals surface area contributed by atoms with Crippen molar-refractivity contribution in [3.05, 3.63) is 64.7 Å². The molecule has 0 unspecified atom stereocenters. The van der Waals surface area contributed by atoms with Gasteiger partial charge in [-0.05, 0) is 25.2 Å². The molecule has 5 nitrogen and oxygen atoms in total. The fraction of sp³-hybridized carbons (Fsp3) is 0.300. The first kappa shape index (κ1) is 21.4. The van der Waals surface area contributed by atoms with E-state index in [4.69, 9.17) is 11.6 Å². The molecule has 0 radical (unpaired) electrons. The van der Waals surface area contributed by atoms with Crippen molar-refractivity contribution in [2.75, 3.05) is 45.1 Å². The Morgan fingerprint density at radius 3 is 2.37 bits per heavy atom. The Kier molecular flexibility index (Phi) is 7.80. The number of ketones is 1. The molecule has 0 saturated carbocycles. The van der Waals surface area contributed by atoms with Crippen LogP contribution in [0, 0.1) is 0 Å². The summed E-state index contributed by atoms with van der Waals surface area (Å²) in [6.07, 6.45) is 0. The SMILES string of the molecule is CN1CCN(CC(=O)Nc2ccc(Cl)cc2C(=O)c2ccccc2)CC1.Cl. The van der Waals surface area contributed by atoms with Crippen LogP contribution in [0.3, 0.4) is 0 Å². The lowest BCUT2D eigenvalue weighted by atomic mass is 10.0. The van der Waals surface area contributed by atoms with Gasteiger partial charge in [0.25, 0.3) is 0 Å². The molecule has 1 N–H and O–H groups in total. The number of amides is 1. The molecule has 0 spiro atoms. The first-order valence-corrected chi connectivity index (χ1v) is 9.01. The normalized spacial score (nSPS) is 15.0. The molecule has 0 aromatic heterocycles. The summed E-state index contributed by atoms with van der Waals surface area (Å²) in [7, 11) is 2.08. The highest BCUT2D eigenvalue weighted by Gasteiger charge is 2.19. The van der Waals surface area contributed by atoms with E-state index in [1.54, 1.807) is 30.3 Å². The van der Waals surface area contributed by atoms with Gasteiger partial charge >= 0.3 is 0 Å². The number of benzene rings is 2. The number of rotatable bonds is 5. The predicted octanol–water partition coefficient (Wildman–Crippen LogP) is 3.18. The van der Waals surface area contributed by atoms with Crippen molar-refractivity contribution >= 4 is 41.4 Å². The van der Waals surface area contributed by atoms with E-state index in [-0.39, 0.29) is 24.1 Å². The van der Waals surface area contributed by atoms with Gasteiger partial charge in [-0.2, -0.15) is 0 Å². The zero-order valence-electron chi connectivity index (χ0n) is 15.2. The summed E-state index contributed by atoms with van der Waals surface area (Å²) >= 11 is 6.08. The second-order valence-electron chi connectivity index (χ2n) is 6.51. The Morgan fingerprint density at radius 1 is 1.04 bits per heavy atom. The fourth-order valence-electron chi connectivity index (χ4n) is 2.96. The molecule has 2 aromatic carbocycles. The summed E-state index contributed by atoms with van der Waals surface area (Å²) < 4.78 is 0. The van der Waals surface area contributed by atoms with E-state index in [2.05, 4.69) is 22.2 Å². The smallest absolute Gasteiger partial charge is 0.238 e. The molecule has 1 amide bonds. The third-order valence-corrected chi connectivity index (χ3v) is 4.73. The zero-order valence-corrected chi connectivity index (χ0v) is 16.7. The number of hydrogen-bond donors (Lipinski definition) is 1. The molecule has 144 valence electrons. The van der Waals surface area contributed by atoms with E-state index in [0.717, 1.165) is 26.2 Å². The van der Waals surface area contributed by atoms with Crippen molar-refractivity contribution < 1.29 is 9.59 Å². The Balaban J connectivity index is 0.00000261. The van der Waals surface area contributed by atoms with Crippen LogP contribution < -0.4 is 5.32 Å². The number of carbonyl (C=O) groups excluding carboxylic acids is 2. The quantitative estimate of drug-likeness (QED) is 0.773. The molecule has 0 aliphatic carbocycles. The third kappa shape index (κ3) is 5.78. The van der Waals surface area contributed by atoms with Gasteiger partial charge in [0, 0.05) is 42.3 Å². The number of piperazine rings is 1. The molecular formula is C20H23Cl2N3O2. The number of nitrogens with zero attached hydrogens (tertiary/aromatic N) is 2. The van der Waals surface area contributed by atoms with Crippen LogP contribution in [0.5, 0.6) is 0 Å². The number of likely N-dealkylation sites (N-methyl/N-ethyl adjacent to an activating group) is 1. The summed E-state index contributed by atoms with van der Waals surface area (Å²) in [6, 6.07) is 13.9. The van der Waals surface area contributed by atoms with E-state index in [1.165, 1.54) is 0 Å². The summed E-state index contributed by atoms with van der Waals surface area (Å²) in [5.74, 6) is -0.290. The van der Waals surface area contributed by atoms with Gasteiger partial charge < -0.3 is 10.2 Å². The maximum atomic E-state index is 12.8. The maximum absolute atomic E-state index is 12.8. The molecule has 1 aliphatic heterocycles. The van der Waals surface area contributed by atoms with Crippen LogP contribution in [0.15, 0.2) is 48.5 Å². The molecule has 1 aliphatic rings. The lowest BCUT2D eigenvalue weighted by molar-refractivity contribution is -0.117. The number of nitrogens with one attached hydrogen (secondary N) is 1. The first-order chi connectivity index (χ1) is 12.5. The first-order valence-electron chi connectivity index (χ1n) is 8.63. The topological polar surface area (TPSA) is 52.6 Å². The minimum absolute atomic E-state index is 0. The molecule has 0 atom stereocenters. The minimum Gasteiger partial charge on any atom is -0.324 e. The average Bonchev–Trinajstić information content (AvgIpc) is 2.65. The van der Waals surface area contributed by atoms with Crippen LogP contribution >= 0.6 is 24.0 Å². The van der Waals surface area contributed by atoms with Crippen LogP contribution in [0.1, 0.15) is 15.9 Å². The van der Waals surface area contributed by atoms with E-state index >= 15 is 0 Å². The lowest BCUT2D eigenvalue weighted by Gasteiger charge is -2.31. The van der Waals surface area contributed by atoms with E-state index in [1.807, 2.05) is 18.2 Å². The van der Waals surface area contributed by atoms with Gasteiger partial charge in [0.2, 0.25) is 5.91 Å². The Hall–Kier alpha value is -1.92. The molecule has 2 aromatic rings. The number of anilines is 1. The standard InChI is InChI=1S/C20H22ClN3O2.ClH/c1-23-9-11-24(12-10-23)14-19(25)22-18-8-7-16(21)13-17(18)20(26)15-5-3-2-4-6-15;/h2-8,13H,9-12,14H2,1H3,(H,22,25);1H. The van der Waals surface area contributed by atoms with Crippen molar-refractivity contribution in [2.24, 2.45) is 0 Å². The minimum atomic E-state index is -0.164. The van der Waals surface area contributed by atoms with Crippen molar-refractivity contribution in [2.45, 2.75) is 0 Å². The molecule has 27 heavy (non-hydrogen) atoms. The fourth-order valence-corrected chi connectivity index (χ4v) is 3.13. The van der Waals surface area contributed by atoms with Crippen molar-refractivity contribution in [1.82, 2.24) is 9.80 Å². The van der Waals surface area contributed by atoms with Crippen molar-refractivity contribution in [1.29, 1.82) is 0 Å². The second kappa shape index (κ2) is 9.85. The van der Waals surface area contributed by atoms with E-state index in [9.17, 15) is 9.59 Å². The zero-order chi connectivity index (χ0) is 18.5. The van der Waals surface area contributed by atoms with E-state index < -0.39 is 0 Å². The van der Waals surface area contributed by atoms with Crippen LogP contribution in [0.25, 0.3) is 0 Å². The van der Waals surface area contributed by atoms with Gasteiger partial charge in [-0.15, -0.1) is 12.4 Å². The predicted molar refractivity (Wildman–Crippen MR) is 111 cm³/mol. The van der Waals surface area contributed by atoms with Gasteiger partial charge in [-0.3, -0.25) is 14.5 Å². The molecular weight excluding hydrogens is 385 g/mol. The average molecular weight is 408 g/mol. The number of carbonyl (C=O) groups is 2. The van der Waals surface area contributed by atoms with Crippen LogP contribution in [-0.2, 0) is 4.79 Å². The van der Waals surface area contributed by atoms with Gasteiger partial charge in [0.15, 0.2) is 5.78 Å². The molecule has 1 fully saturated rings. The summed E-state index contributed by atoms with van der Waals surface area (Å²) in [5.41, 5.74) is 1.45. The number of hydrogen-bond acceptors (Lipinski definition) is 4. The van der Waals surface area contributed by atoms with Crippen LogP contribution in [0.4, 0.5) is 5.69 Å². The number of halogens is 2. The molecule has 1 heterocycles. The highest BCUT2D eigenvalue weighted by molar-refractivity contribution is 6.31.